The summed E-state index contributed by atoms with van der Waals surface area (Å²) < 4.78 is 25.9. The molecule has 0 unspecified atom stereocenters. The predicted octanol–water partition coefficient (Wildman–Crippen LogP) is 1.47. The zero-order valence-electron chi connectivity index (χ0n) is 11.7. The van der Waals surface area contributed by atoms with Crippen LogP contribution in [0.4, 0.5) is 5.69 Å². The van der Waals surface area contributed by atoms with Gasteiger partial charge in [0.05, 0.1) is 11.7 Å². The highest BCUT2D eigenvalue weighted by atomic mass is 32.2. The molecule has 5 nitrogen and oxygen atoms in total. The van der Waals surface area contributed by atoms with Gasteiger partial charge in [-0.2, -0.15) is 0 Å². The van der Waals surface area contributed by atoms with Gasteiger partial charge in [0, 0.05) is 19.8 Å². The molecular weight excluding hydrogens is 264 g/mol. The number of benzene rings is 1. The molecule has 6 heteroatoms. The molecule has 0 aliphatic carbocycles. The lowest BCUT2D eigenvalue weighted by molar-refractivity contribution is -0.127. The van der Waals surface area contributed by atoms with Gasteiger partial charge >= 0.3 is 0 Å². The van der Waals surface area contributed by atoms with Crippen molar-refractivity contribution >= 4 is 21.6 Å². The third-order valence-corrected chi connectivity index (χ3v) is 4.45. The van der Waals surface area contributed by atoms with E-state index < -0.39 is 15.3 Å². The van der Waals surface area contributed by atoms with Gasteiger partial charge in [0.15, 0.2) is 0 Å². The summed E-state index contributed by atoms with van der Waals surface area (Å²) in [4.78, 5) is 13.1. The van der Waals surface area contributed by atoms with Crippen molar-refractivity contribution in [3.63, 3.8) is 0 Å². The largest absolute Gasteiger partial charge is 0.349 e. The summed E-state index contributed by atoms with van der Waals surface area (Å²) in [5.41, 5.74) is 1.36. The van der Waals surface area contributed by atoms with E-state index in [1.165, 1.54) is 4.90 Å². The third kappa shape index (κ3) is 4.55. The lowest BCUT2D eigenvalue weighted by Crippen LogP contribution is -2.23. The molecule has 1 rings (SSSR count). The fraction of sp³-hybridized carbons (Fsp3) is 0.462. The van der Waals surface area contributed by atoms with Crippen molar-refractivity contribution in [3.05, 3.63) is 29.8 Å². The van der Waals surface area contributed by atoms with Crippen LogP contribution < -0.4 is 4.72 Å². The van der Waals surface area contributed by atoms with Crippen molar-refractivity contribution in [1.29, 1.82) is 0 Å². The normalized spacial score (nSPS) is 11.4. The summed E-state index contributed by atoms with van der Waals surface area (Å²) in [6.45, 7) is 3.24. The first-order valence-corrected chi connectivity index (χ1v) is 7.57. The van der Waals surface area contributed by atoms with E-state index in [1.807, 2.05) is 0 Å². The van der Waals surface area contributed by atoms with Crippen LogP contribution in [0.1, 0.15) is 19.4 Å². The zero-order chi connectivity index (χ0) is 14.6. The second-order valence-electron chi connectivity index (χ2n) is 4.86. The van der Waals surface area contributed by atoms with Gasteiger partial charge in [0.1, 0.15) is 0 Å². The molecule has 0 fully saturated rings. The van der Waals surface area contributed by atoms with Crippen LogP contribution in [0.3, 0.4) is 0 Å². The fourth-order valence-corrected chi connectivity index (χ4v) is 2.01. The first-order chi connectivity index (χ1) is 8.72. The Bertz CT molecular complexity index is 534. The Hall–Kier alpha value is -1.56. The van der Waals surface area contributed by atoms with E-state index in [1.54, 1.807) is 52.2 Å². The van der Waals surface area contributed by atoms with E-state index in [0.29, 0.717) is 12.1 Å². The van der Waals surface area contributed by atoms with Crippen LogP contribution in [0.2, 0.25) is 0 Å². The molecule has 0 heterocycles. The minimum Gasteiger partial charge on any atom is -0.349 e. The molecule has 0 saturated carbocycles. The van der Waals surface area contributed by atoms with Crippen LogP contribution in [0.25, 0.3) is 0 Å². The van der Waals surface area contributed by atoms with E-state index in [0.717, 1.165) is 5.56 Å². The Balaban J connectivity index is 2.75. The molecule has 0 aliphatic heterocycles. The van der Waals surface area contributed by atoms with E-state index >= 15 is 0 Å². The van der Waals surface area contributed by atoms with Crippen LogP contribution in [-0.4, -0.2) is 38.6 Å². The first kappa shape index (κ1) is 15.5. The lowest BCUT2D eigenvalue weighted by Gasteiger charge is -2.12. The van der Waals surface area contributed by atoms with Crippen molar-refractivity contribution in [2.45, 2.75) is 25.5 Å². The zero-order valence-corrected chi connectivity index (χ0v) is 12.5. The van der Waals surface area contributed by atoms with Crippen molar-refractivity contribution in [1.82, 2.24) is 4.90 Å². The standard InChI is InChI=1S/C13H20N2O3S/c1-10(2)19(17,18)14-12-7-5-11(6-8-12)9-13(16)15(3)4/h5-8,10,14H,9H2,1-4H3. The molecule has 1 aromatic rings. The van der Waals surface area contributed by atoms with E-state index in [-0.39, 0.29) is 5.91 Å². The number of carbonyl (C=O) groups excluding carboxylic acids is 1. The average molecular weight is 284 g/mol. The molecule has 106 valence electrons. The summed E-state index contributed by atoms with van der Waals surface area (Å²) in [5, 5.41) is -0.484. The number of nitrogens with one attached hydrogen (secondary N) is 1. The second kappa shape index (κ2) is 6.06. The summed E-state index contributed by atoms with van der Waals surface area (Å²) >= 11 is 0. The number of carbonyl (C=O) groups is 1. The van der Waals surface area contributed by atoms with Crippen molar-refractivity contribution in [2.24, 2.45) is 0 Å². The highest BCUT2D eigenvalue weighted by molar-refractivity contribution is 7.93. The first-order valence-electron chi connectivity index (χ1n) is 6.03. The topological polar surface area (TPSA) is 66.5 Å². The van der Waals surface area contributed by atoms with Crippen molar-refractivity contribution in [3.8, 4) is 0 Å². The molecule has 0 spiro atoms. The van der Waals surface area contributed by atoms with Gasteiger partial charge in [-0.05, 0) is 31.5 Å². The third-order valence-electron chi connectivity index (χ3n) is 2.69. The van der Waals surface area contributed by atoms with E-state index in [9.17, 15) is 13.2 Å². The van der Waals surface area contributed by atoms with Crippen LogP contribution in [-0.2, 0) is 21.2 Å². The van der Waals surface area contributed by atoms with Gasteiger partial charge in [0.25, 0.3) is 0 Å². The minimum atomic E-state index is -3.33. The lowest BCUT2D eigenvalue weighted by atomic mass is 10.1. The molecule has 0 aromatic heterocycles. The fourth-order valence-electron chi connectivity index (χ4n) is 1.31. The maximum absolute atomic E-state index is 11.7. The monoisotopic (exact) mass is 284 g/mol. The summed E-state index contributed by atoms with van der Waals surface area (Å²) in [6.07, 6.45) is 0.310. The molecule has 1 N–H and O–H groups in total. The molecule has 0 aliphatic rings. The van der Waals surface area contributed by atoms with Crippen LogP contribution in [0, 0.1) is 0 Å². The quantitative estimate of drug-likeness (QED) is 0.890. The SMILES string of the molecule is CC(C)S(=O)(=O)Nc1ccc(CC(=O)N(C)C)cc1. The van der Waals surface area contributed by atoms with E-state index in [2.05, 4.69) is 4.72 Å². The molecule has 1 amide bonds. The summed E-state index contributed by atoms with van der Waals surface area (Å²) in [5.74, 6) is 0.00973. The Kier molecular flexibility index (Phi) is 4.94. The van der Waals surface area contributed by atoms with Crippen LogP contribution in [0.5, 0.6) is 0 Å². The number of hydrogen-bond acceptors (Lipinski definition) is 3. The van der Waals surface area contributed by atoms with Crippen LogP contribution in [0.15, 0.2) is 24.3 Å². The van der Waals surface area contributed by atoms with Gasteiger partial charge in [-0.25, -0.2) is 8.42 Å². The Morgan fingerprint density at radius 3 is 2.16 bits per heavy atom. The maximum Gasteiger partial charge on any atom is 0.235 e. The number of anilines is 1. The molecule has 19 heavy (non-hydrogen) atoms. The maximum atomic E-state index is 11.7. The smallest absolute Gasteiger partial charge is 0.235 e. The second-order valence-corrected chi connectivity index (χ2v) is 7.09. The van der Waals surface area contributed by atoms with Gasteiger partial charge in [-0.3, -0.25) is 9.52 Å². The number of sulfonamides is 1. The highest BCUT2D eigenvalue weighted by Crippen LogP contribution is 2.14. The number of amides is 1. The number of hydrogen-bond donors (Lipinski definition) is 1. The molecule has 0 atom stereocenters. The molecule has 0 bridgehead atoms. The number of nitrogens with zero attached hydrogens (tertiary/aromatic N) is 1. The number of rotatable bonds is 5. The Labute approximate surface area is 114 Å². The van der Waals surface area contributed by atoms with Crippen molar-refractivity contribution in [2.75, 3.05) is 18.8 Å². The van der Waals surface area contributed by atoms with E-state index in [4.69, 9.17) is 0 Å². The Morgan fingerprint density at radius 2 is 1.74 bits per heavy atom. The minimum absolute atomic E-state index is 0.00973. The molecule has 0 radical (unpaired) electrons. The molecular formula is C13H20N2O3S. The highest BCUT2D eigenvalue weighted by Gasteiger charge is 2.15. The molecule has 1 aromatic carbocycles. The summed E-state index contributed by atoms with van der Waals surface area (Å²) in [6, 6.07) is 6.83. The van der Waals surface area contributed by atoms with Crippen molar-refractivity contribution < 1.29 is 13.2 Å². The molecule has 0 saturated heterocycles. The van der Waals surface area contributed by atoms with Gasteiger partial charge in [-0.1, -0.05) is 12.1 Å². The predicted molar refractivity (Wildman–Crippen MR) is 76.5 cm³/mol. The van der Waals surface area contributed by atoms with Crippen LogP contribution >= 0.6 is 0 Å². The van der Waals surface area contributed by atoms with Gasteiger partial charge in [0.2, 0.25) is 15.9 Å². The Morgan fingerprint density at radius 1 is 1.21 bits per heavy atom. The average Bonchev–Trinajstić information content (AvgIpc) is 2.30. The van der Waals surface area contributed by atoms with Gasteiger partial charge < -0.3 is 4.90 Å². The van der Waals surface area contributed by atoms with Gasteiger partial charge in [-0.15, -0.1) is 0 Å². The number of likely N-dealkylation sites (N-methyl/N-ethyl adjacent to an activating group) is 1. The summed E-state index contributed by atoms with van der Waals surface area (Å²) in [7, 11) is 0.0780.